The molecule has 1 N–H and O–H groups in total. The Balaban J connectivity index is 2.22. The summed E-state index contributed by atoms with van der Waals surface area (Å²) in [5, 5.41) is 3.35. The summed E-state index contributed by atoms with van der Waals surface area (Å²) in [4.78, 5) is 2.41. The summed E-state index contributed by atoms with van der Waals surface area (Å²) in [6.45, 7) is 8.01. The molecular formula is C15H23FN2. The number of hydrogen-bond donors (Lipinski definition) is 1. The van der Waals surface area contributed by atoms with Crippen molar-refractivity contribution < 1.29 is 4.39 Å². The molecule has 0 spiro atoms. The molecule has 0 amide bonds. The number of nitrogens with one attached hydrogen (secondary N) is 1. The van der Waals surface area contributed by atoms with Crippen LogP contribution in [0.3, 0.4) is 0 Å². The second kappa shape index (κ2) is 6.30. The molecule has 1 aliphatic rings. The van der Waals surface area contributed by atoms with E-state index < -0.39 is 0 Å². The summed E-state index contributed by atoms with van der Waals surface area (Å²) in [6, 6.07) is 6.81. The summed E-state index contributed by atoms with van der Waals surface area (Å²) in [5.74, 6) is 0. The van der Waals surface area contributed by atoms with Crippen LogP contribution in [0.4, 0.5) is 4.39 Å². The number of hydrogen-bond acceptors (Lipinski definition) is 2. The summed E-state index contributed by atoms with van der Waals surface area (Å²) in [6.07, 6.45) is 0.600. The zero-order valence-electron chi connectivity index (χ0n) is 11.4. The van der Waals surface area contributed by atoms with E-state index in [-0.39, 0.29) is 12.7 Å². The van der Waals surface area contributed by atoms with Gasteiger partial charge in [-0.15, -0.1) is 0 Å². The Kier molecular flexibility index (Phi) is 4.72. The van der Waals surface area contributed by atoms with Gasteiger partial charge in [0.2, 0.25) is 0 Å². The van der Waals surface area contributed by atoms with Crippen molar-refractivity contribution in [1.29, 1.82) is 0 Å². The van der Waals surface area contributed by atoms with Crippen LogP contribution in [0.2, 0.25) is 0 Å². The van der Waals surface area contributed by atoms with E-state index in [9.17, 15) is 4.39 Å². The average molecular weight is 250 g/mol. The van der Waals surface area contributed by atoms with E-state index in [0.29, 0.717) is 6.42 Å². The van der Waals surface area contributed by atoms with Crippen LogP contribution >= 0.6 is 0 Å². The third-order valence-electron chi connectivity index (χ3n) is 3.60. The lowest BCUT2D eigenvalue weighted by molar-refractivity contribution is 0.157. The highest BCUT2D eigenvalue weighted by Crippen LogP contribution is 2.26. The smallest absolute Gasteiger partial charge is 0.0912 e. The highest BCUT2D eigenvalue weighted by atomic mass is 19.1. The van der Waals surface area contributed by atoms with Gasteiger partial charge in [-0.25, -0.2) is 0 Å². The van der Waals surface area contributed by atoms with Gasteiger partial charge < -0.3 is 5.32 Å². The SMILES string of the molecule is Cc1cc(C)cc([C@H](CCF)N2CCNCC2)c1. The van der Waals surface area contributed by atoms with Crippen LogP contribution in [0.5, 0.6) is 0 Å². The van der Waals surface area contributed by atoms with Gasteiger partial charge in [-0.3, -0.25) is 9.29 Å². The van der Waals surface area contributed by atoms with E-state index >= 15 is 0 Å². The van der Waals surface area contributed by atoms with E-state index in [1.807, 2.05) is 0 Å². The topological polar surface area (TPSA) is 15.3 Å². The molecular weight excluding hydrogens is 227 g/mol. The minimum Gasteiger partial charge on any atom is -0.314 e. The third kappa shape index (κ3) is 3.30. The van der Waals surface area contributed by atoms with Crippen molar-refractivity contribution in [2.75, 3.05) is 32.9 Å². The Morgan fingerprint density at radius 1 is 1.17 bits per heavy atom. The van der Waals surface area contributed by atoms with Crippen LogP contribution < -0.4 is 5.32 Å². The Bertz CT molecular complexity index is 366. The zero-order valence-corrected chi connectivity index (χ0v) is 11.4. The van der Waals surface area contributed by atoms with E-state index in [2.05, 4.69) is 42.3 Å². The highest BCUT2D eigenvalue weighted by molar-refractivity contribution is 5.30. The van der Waals surface area contributed by atoms with Gasteiger partial charge in [0.1, 0.15) is 0 Å². The molecule has 1 aromatic carbocycles. The fourth-order valence-electron chi connectivity index (χ4n) is 2.86. The van der Waals surface area contributed by atoms with Gasteiger partial charge in [0.25, 0.3) is 0 Å². The van der Waals surface area contributed by atoms with Crippen molar-refractivity contribution in [3.05, 3.63) is 34.9 Å². The largest absolute Gasteiger partial charge is 0.314 e. The van der Waals surface area contributed by atoms with Gasteiger partial charge in [-0.05, 0) is 25.8 Å². The Morgan fingerprint density at radius 2 is 1.78 bits per heavy atom. The summed E-state index contributed by atoms with van der Waals surface area (Å²) in [5.41, 5.74) is 3.81. The molecule has 2 rings (SSSR count). The molecule has 2 nitrogen and oxygen atoms in total. The summed E-state index contributed by atoms with van der Waals surface area (Å²) < 4.78 is 12.8. The first-order chi connectivity index (χ1) is 8.70. The van der Waals surface area contributed by atoms with E-state index in [0.717, 1.165) is 26.2 Å². The normalized spacial score (nSPS) is 18.8. The molecule has 18 heavy (non-hydrogen) atoms. The molecule has 0 radical (unpaired) electrons. The van der Waals surface area contributed by atoms with Crippen molar-refractivity contribution in [1.82, 2.24) is 10.2 Å². The van der Waals surface area contributed by atoms with Crippen LogP contribution in [-0.2, 0) is 0 Å². The minimum atomic E-state index is -0.248. The zero-order chi connectivity index (χ0) is 13.0. The number of benzene rings is 1. The minimum absolute atomic E-state index is 0.232. The summed E-state index contributed by atoms with van der Waals surface area (Å²) in [7, 11) is 0. The van der Waals surface area contributed by atoms with E-state index in [1.165, 1.54) is 16.7 Å². The first kappa shape index (κ1) is 13.5. The second-order valence-corrected chi connectivity index (χ2v) is 5.20. The van der Waals surface area contributed by atoms with Crippen LogP contribution in [0, 0.1) is 13.8 Å². The standard InChI is InChI=1S/C15H23FN2/c1-12-9-13(2)11-14(10-12)15(3-4-16)18-7-5-17-6-8-18/h9-11,15,17H,3-8H2,1-2H3/t15-/m0/s1. The first-order valence-corrected chi connectivity index (χ1v) is 6.79. The van der Waals surface area contributed by atoms with Crippen molar-refractivity contribution in [3.63, 3.8) is 0 Å². The first-order valence-electron chi connectivity index (χ1n) is 6.79. The number of alkyl halides is 1. The van der Waals surface area contributed by atoms with Crippen LogP contribution in [0.15, 0.2) is 18.2 Å². The summed E-state index contributed by atoms with van der Waals surface area (Å²) >= 11 is 0. The molecule has 0 saturated carbocycles. The molecule has 100 valence electrons. The van der Waals surface area contributed by atoms with Gasteiger partial charge in [-0.1, -0.05) is 29.3 Å². The van der Waals surface area contributed by atoms with Crippen LogP contribution in [0.1, 0.15) is 29.2 Å². The lowest BCUT2D eigenvalue weighted by Gasteiger charge is -2.35. The molecule has 0 bridgehead atoms. The number of nitrogens with zero attached hydrogens (tertiary/aromatic N) is 1. The molecule has 1 heterocycles. The quantitative estimate of drug-likeness (QED) is 0.883. The monoisotopic (exact) mass is 250 g/mol. The van der Waals surface area contributed by atoms with Crippen molar-refractivity contribution in [2.24, 2.45) is 0 Å². The maximum absolute atomic E-state index is 12.8. The van der Waals surface area contributed by atoms with E-state index in [4.69, 9.17) is 0 Å². The van der Waals surface area contributed by atoms with Gasteiger partial charge in [-0.2, -0.15) is 0 Å². The number of rotatable bonds is 4. The Morgan fingerprint density at radius 3 is 2.33 bits per heavy atom. The van der Waals surface area contributed by atoms with Crippen LogP contribution in [0.25, 0.3) is 0 Å². The van der Waals surface area contributed by atoms with Gasteiger partial charge in [0.15, 0.2) is 0 Å². The molecule has 3 heteroatoms. The predicted octanol–water partition coefficient (Wildman–Crippen LogP) is 2.61. The number of aryl methyl sites for hydroxylation is 2. The van der Waals surface area contributed by atoms with Gasteiger partial charge in [0, 0.05) is 32.2 Å². The van der Waals surface area contributed by atoms with Gasteiger partial charge in [0.05, 0.1) is 6.67 Å². The molecule has 1 saturated heterocycles. The molecule has 1 fully saturated rings. The predicted molar refractivity (Wildman–Crippen MR) is 73.7 cm³/mol. The maximum Gasteiger partial charge on any atom is 0.0912 e. The third-order valence-corrected chi connectivity index (χ3v) is 3.60. The molecule has 1 aliphatic heterocycles. The Labute approximate surface area is 109 Å². The van der Waals surface area contributed by atoms with Crippen molar-refractivity contribution >= 4 is 0 Å². The highest BCUT2D eigenvalue weighted by Gasteiger charge is 2.22. The van der Waals surface area contributed by atoms with Crippen molar-refractivity contribution in [3.8, 4) is 0 Å². The molecule has 0 aromatic heterocycles. The van der Waals surface area contributed by atoms with Gasteiger partial charge >= 0.3 is 0 Å². The lowest BCUT2D eigenvalue weighted by atomic mass is 9.97. The van der Waals surface area contributed by atoms with E-state index in [1.54, 1.807) is 0 Å². The molecule has 0 unspecified atom stereocenters. The fraction of sp³-hybridized carbons (Fsp3) is 0.600. The molecule has 1 aromatic rings. The maximum atomic E-state index is 12.8. The second-order valence-electron chi connectivity index (χ2n) is 5.20. The Hall–Kier alpha value is -0.930. The lowest BCUT2D eigenvalue weighted by Crippen LogP contribution is -2.45. The van der Waals surface area contributed by atoms with Crippen LogP contribution in [-0.4, -0.2) is 37.8 Å². The van der Waals surface area contributed by atoms with Crippen molar-refractivity contribution in [2.45, 2.75) is 26.3 Å². The number of halogens is 1. The number of piperazine rings is 1. The average Bonchev–Trinajstić information content (AvgIpc) is 2.36. The molecule has 0 aliphatic carbocycles. The molecule has 1 atom stereocenters. The fourth-order valence-corrected chi connectivity index (χ4v) is 2.86.